The lowest BCUT2D eigenvalue weighted by Gasteiger charge is -2.07. The van der Waals surface area contributed by atoms with Crippen molar-refractivity contribution in [3.63, 3.8) is 0 Å². The standard InChI is InChI=1S/C16H14N2O3S/c1-11-3-2-5-18-14(19)8-13(17-16(11)18)9-21-15(20)7-12-4-6-22-10-12/h2-6,8,10H,7,9H2,1H3. The molecule has 3 aromatic heterocycles. The molecule has 0 aliphatic heterocycles. The van der Waals surface area contributed by atoms with E-state index in [1.807, 2.05) is 29.8 Å². The maximum atomic E-state index is 12.0. The van der Waals surface area contributed by atoms with Crippen molar-refractivity contribution in [1.82, 2.24) is 9.38 Å². The molecule has 112 valence electrons. The number of carbonyl (C=O) groups is 1. The number of hydrogen-bond acceptors (Lipinski definition) is 5. The highest BCUT2D eigenvalue weighted by Gasteiger charge is 2.09. The van der Waals surface area contributed by atoms with Crippen LogP contribution in [-0.2, 0) is 22.6 Å². The van der Waals surface area contributed by atoms with Crippen LogP contribution in [0.3, 0.4) is 0 Å². The van der Waals surface area contributed by atoms with Crippen molar-refractivity contribution in [3.8, 4) is 0 Å². The molecule has 0 fully saturated rings. The molecule has 0 bridgehead atoms. The molecule has 0 N–H and O–H groups in total. The summed E-state index contributed by atoms with van der Waals surface area (Å²) in [5, 5.41) is 3.82. The molecule has 3 rings (SSSR count). The first-order chi connectivity index (χ1) is 10.6. The van der Waals surface area contributed by atoms with Gasteiger partial charge in [0.15, 0.2) is 0 Å². The number of aryl methyl sites for hydroxylation is 1. The van der Waals surface area contributed by atoms with Crippen LogP contribution in [0.2, 0.25) is 0 Å². The van der Waals surface area contributed by atoms with Crippen molar-refractivity contribution in [2.24, 2.45) is 0 Å². The quantitative estimate of drug-likeness (QED) is 0.694. The second kappa shape index (κ2) is 6.11. The molecular weight excluding hydrogens is 300 g/mol. The molecule has 0 spiro atoms. The zero-order valence-electron chi connectivity index (χ0n) is 12.0. The summed E-state index contributed by atoms with van der Waals surface area (Å²) in [5.74, 6) is -0.329. The van der Waals surface area contributed by atoms with Gasteiger partial charge >= 0.3 is 5.97 Å². The van der Waals surface area contributed by atoms with E-state index in [0.717, 1.165) is 11.1 Å². The normalized spacial score (nSPS) is 10.8. The molecule has 3 aromatic rings. The molecule has 0 radical (unpaired) electrons. The van der Waals surface area contributed by atoms with E-state index in [1.54, 1.807) is 12.3 Å². The van der Waals surface area contributed by atoms with Crippen molar-refractivity contribution < 1.29 is 9.53 Å². The van der Waals surface area contributed by atoms with E-state index in [2.05, 4.69) is 4.98 Å². The Kier molecular flexibility index (Phi) is 4.02. The number of esters is 1. The van der Waals surface area contributed by atoms with E-state index in [9.17, 15) is 9.59 Å². The lowest BCUT2D eigenvalue weighted by Crippen LogP contribution is -2.17. The Morgan fingerprint density at radius 3 is 3.05 bits per heavy atom. The number of aromatic nitrogens is 2. The van der Waals surface area contributed by atoms with E-state index in [4.69, 9.17) is 4.74 Å². The van der Waals surface area contributed by atoms with Crippen LogP contribution in [0.4, 0.5) is 0 Å². The summed E-state index contributed by atoms with van der Waals surface area (Å²) < 4.78 is 6.68. The van der Waals surface area contributed by atoms with Crippen molar-refractivity contribution in [2.45, 2.75) is 20.0 Å². The SMILES string of the molecule is Cc1cccn2c(=O)cc(COC(=O)Cc3ccsc3)nc12. The van der Waals surface area contributed by atoms with E-state index in [0.29, 0.717) is 11.3 Å². The average Bonchev–Trinajstić information content (AvgIpc) is 2.99. The molecule has 0 aliphatic carbocycles. The van der Waals surface area contributed by atoms with Gasteiger partial charge in [-0.2, -0.15) is 11.3 Å². The van der Waals surface area contributed by atoms with Crippen LogP contribution in [-0.4, -0.2) is 15.4 Å². The van der Waals surface area contributed by atoms with E-state index >= 15 is 0 Å². The molecule has 0 saturated carbocycles. The predicted octanol–water partition coefficient (Wildman–Crippen LogP) is 2.35. The van der Waals surface area contributed by atoms with Crippen LogP contribution in [0.15, 0.2) is 46.0 Å². The van der Waals surface area contributed by atoms with Crippen molar-refractivity contribution in [2.75, 3.05) is 0 Å². The topological polar surface area (TPSA) is 60.7 Å². The highest BCUT2D eigenvalue weighted by Crippen LogP contribution is 2.09. The number of nitrogens with zero attached hydrogens (tertiary/aromatic N) is 2. The van der Waals surface area contributed by atoms with Crippen molar-refractivity contribution >= 4 is 23.0 Å². The third-order valence-corrected chi connectivity index (χ3v) is 3.98. The number of carbonyl (C=O) groups excluding carboxylic acids is 1. The Morgan fingerprint density at radius 1 is 1.41 bits per heavy atom. The van der Waals surface area contributed by atoms with E-state index in [-0.39, 0.29) is 24.6 Å². The highest BCUT2D eigenvalue weighted by atomic mass is 32.1. The second-order valence-corrected chi connectivity index (χ2v) is 5.72. The minimum Gasteiger partial charge on any atom is -0.459 e. The molecule has 6 heteroatoms. The largest absolute Gasteiger partial charge is 0.459 e. The van der Waals surface area contributed by atoms with Crippen molar-refractivity contribution in [3.05, 3.63) is 68.4 Å². The van der Waals surface area contributed by atoms with Gasteiger partial charge in [-0.25, -0.2) is 4.98 Å². The molecular formula is C16H14N2O3S. The van der Waals surface area contributed by atoms with Gasteiger partial charge in [-0.15, -0.1) is 0 Å². The van der Waals surface area contributed by atoms with Crippen molar-refractivity contribution in [1.29, 1.82) is 0 Å². The van der Waals surface area contributed by atoms with Crippen LogP contribution < -0.4 is 5.56 Å². The lowest BCUT2D eigenvalue weighted by atomic mass is 10.2. The lowest BCUT2D eigenvalue weighted by molar-refractivity contribution is -0.144. The number of fused-ring (bicyclic) bond motifs is 1. The summed E-state index contributed by atoms with van der Waals surface area (Å²) in [5.41, 5.74) is 2.68. The smallest absolute Gasteiger partial charge is 0.310 e. The van der Waals surface area contributed by atoms with E-state index < -0.39 is 0 Å². The Bertz CT molecular complexity index is 869. The van der Waals surface area contributed by atoms with Crippen LogP contribution in [0.1, 0.15) is 16.8 Å². The monoisotopic (exact) mass is 314 g/mol. The number of pyridine rings is 1. The third kappa shape index (κ3) is 3.07. The summed E-state index contributed by atoms with van der Waals surface area (Å²) >= 11 is 1.54. The summed E-state index contributed by atoms with van der Waals surface area (Å²) in [6.45, 7) is 1.89. The van der Waals surface area contributed by atoms with Gasteiger partial charge in [0.25, 0.3) is 5.56 Å². The Labute approximate surface area is 130 Å². The van der Waals surface area contributed by atoms with Gasteiger partial charge in [0.05, 0.1) is 12.1 Å². The summed E-state index contributed by atoms with van der Waals surface area (Å²) in [6.07, 6.45) is 1.90. The molecule has 0 amide bonds. The molecule has 0 aromatic carbocycles. The van der Waals surface area contributed by atoms with Gasteiger partial charge in [-0.3, -0.25) is 14.0 Å². The Balaban J connectivity index is 1.75. The minimum atomic E-state index is -0.329. The predicted molar refractivity (Wildman–Crippen MR) is 84.0 cm³/mol. The fourth-order valence-corrected chi connectivity index (χ4v) is 2.82. The number of ether oxygens (including phenoxy) is 1. The molecule has 0 unspecified atom stereocenters. The molecule has 0 saturated heterocycles. The second-order valence-electron chi connectivity index (χ2n) is 4.94. The summed E-state index contributed by atoms with van der Waals surface area (Å²) in [7, 11) is 0. The summed E-state index contributed by atoms with van der Waals surface area (Å²) in [4.78, 5) is 28.2. The maximum absolute atomic E-state index is 12.0. The summed E-state index contributed by atoms with van der Waals surface area (Å²) in [6, 6.07) is 6.96. The molecule has 5 nitrogen and oxygen atoms in total. The zero-order valence-corrected chi connectivity index (χ0v) is 12.8. The fourth-order valence-electron chi connectivity index (χ4n) is 2.15. The minimum absolute atomic E-state index is 0.00302. The van der Waals surface area contributed by atoms with Gasteiger partial charge in [-0.05, 0) is 40.9 Å². The van der Waals surface area contributed by atoms with Gasteiger partial charge in [-0.1, -0.05) is 6.07 Å². The third-order valence-electron chi connectivity index (χ3n) is 3.25. The Hall–Kier alpha value is -2.47. The van der Waals surface area contributed by atoms with Gasteiger partial charge in [0.1, 0.15) is 12.3 Å². The molecule has 0 atom stereocenters. The highest BCUT2D eigenvalue weighted by molar-refractivity contribution is 7.07. The van der Waals surface area contributed by atoms with Gasteiger partial charge < -0.3 is 4.74 Å². The van der Waals surface area contributed by atoms with Crippen LogP contribution in [0.5, 0.6) is 0 Å². The Morgan fingerprint density at radius 2 is 2.27 bits per heavy atom. The number of rotatable bonds is 4. The maximum Gasteiger partial charge on any atom is 0.310 e. The van der Waals surface area contributed by atoms with Crippen LogP contribution >= 0.6 is 11.3 Å². The first-order valence-electron chi connectivity index (χ1n) is 6.78. The molecule has 3 heterocycles. The molecule has 0 aliphatic rings. The van der Waals surface area contributed by atoms with E-state index in [1.165, 1.54) is 21.8 Å². The number of thiophene rings is 1. The average molecular weight is 314 g/mol. The van der Waals surface area contributed by atoms with Crippen LogP contribution in [0, 0.1) is 6.92 Å². The first kappa shape index (κ1) is 14.5. The van der Waals surface area contributed by atoms with Gasteiger partial charge in [0, 0.05) is 12.3 Å². The zero-order chi connectivity index (χ0) is 15.5. The van der Waals surface area contributed by atoms with Crippen LogP contribution in [0.25, 0.3) is 5.65 Å². The van der Waals surface area contributed by atoms with Gasteiger partial charge in [0.2, 0.25) is 0 Å². The first-order valence-corrected chi connectivity index (χ1v) is 7.72. The number of hydrogen-bond donors (Lipinski definition) is 0. The fraction of sp³-hybridized carbons (Fsp3) is 0.188. The molecule has 22 heavy (non-hydrogen) atoms.